The molecule has 2 aromatic rings. The number of hydrogen-bond donors (Lipinski definition) is 0. The zero-order chi connectivity index (χ0) is 16.2. The molecule has 1 aliphatic carbocycles. The molecule has 126 valence electrons. The Morgan fingerprint density at radius 3 is 2.88 bits per heavy atom. The normalized spacial score (nSPS) is 27.1. The minimum Gasteiger partial charge on any atom is -0.373 e. The van der Waals surface area contributed by atoms with E-state index in [2.05, 4.69) is 27.0 Å². The highest BCUT2D eigenvalue weighted by atomic mass is 16.5. The van der Waals surface area contributed by atoms with Crippen LogP contribution in [-0.2, 0) is 22.6 Å². The molecule has 3 heterocycles. The van der Waals surface area contributed by atoms with Crippen LogP contribution >= 0.6 is 0 Å². The Bertz CT molecular complexity index is 638. The molecule has 3 atom stereocenters. The van der Waals surface area contributed by atoms with Crippen LogP contribution in [0.15, 0.2) is 48.9 Å². The van der Waals surface area contributed by atoms with Gasteiger partial charge in [-0.1, -0.05) is 6.07 Å². The van der Waals surface area contributed by atoms with Crippen LogP contribution in [-0.4, -0.2) is 46.3 Å². The van der Waals surface area contributed by atoms with Crippen molar-refractivity contribution >= 4 is 0 Å². The summed E-state index contributed by atoms with van der Waals surface area (Å²) in [5.74, 6) is 0. The van der Waals surface area contributed by atoms with Crippen LogP contribution in [0.5, 0.6) is 0 Å². The first-order valence-electron chi connectivity index (χ1n) is 8.66. The van der Waals surface area contributed by atoms with Crippen molar-refractivity contribution in [2.24, 2.45) is 0 Å². The van der Waals surface area contributed by atoms with Crippen LogP contribution < -0.4 is 0 Å². The lowest BCUT2D eigenvalue weighted by molar-refractivity contribution is -0.118. The van der Waals surface area contributed by atoms with Crippen LogP contribution in [0.25, 0.3) is 0 Å². The van der Waals surface area contributed by atoms with Gasteiger partial charge in [0.05, 0.1) is 31.1 Å². The van der Waals surface area contributed by atoms with Crippen molar-refractivity contribution in [1.29, 1.82) is 0 Å². The molecule has 24 heavy (non-hydrogen) atoms. The minimum absolute atomic E-state index is 0.171. The molecule has 2 aliphatic rings. The molecular weight excluding hydrogens is 302 g/mol. The molecule has 1 saturated heterocycles. The Hall–Kier alpha value is -1.82. The molecule has 0 bridgehead atoms. The molecule has 1 saturated carbocycles. The topological polar surface area (TPSA) is 47.5 Å². The fourth-order valence-corrected chi connectivity index (χ4v) is 3.75. The van der Waals surface area contributed by atoms with E-state index in [1.165, 1.54) is 0 Å². The van der Waals surface area contributed by atoms with E-state index in [0.29, 0.717) is 12.6 Å². The number of aromatic nitrogens is 2. The molecule has 0 amide bonds. The van der Waals surface area contributed by atoms with Crippen LogP contribution in [0.4, 0.5) is 0 Å². The average molecular weight is 325 g/mol. The molecule has 5 nitrogen and oxygen atoms in total. The highest BCUT2D eigenvalue weighted by Crippen LogP contribution is 2.33. The third-order valence-electron chi connectivity index (χ3n) is 4.96. The van der Waals surface area contributed by atoms with Crippen LogP contribution in [0.1, 0.15) is 24.1 Å². The lowest BCUT2D eigenvalue weighted by Gasteiger charge is -2.38. The fourth-order valence-electron chi connectivity index (χ4n) is 3.75. The van der Waals surface area contributed by atoms with Gasteiger partial charge >= 0.3 is 0 Å². The Morgan fingerprint density at radius 2 is 2.04 bits per heavy atom. The zero-order valence-electron chi connectivity index (χ0n) is 13.8. The maximum absolute atomic E-state index is 6.16. The summed E-state index contributed by atoms with van der Waals surface area (Å²) in [6, 6.07) is 10.5. The van der Waals surface area contributed by atoms with Crippen molar-refractivity contribution in [3.05, 3.63) is 60.2 Å². The summed E-state index contributed by atoms with van der Waals surface area (Å²) in [5, 5.41) is 0. The number of ether oxygens (including phenoxy) is 2. The SMILES string of the molecule is c1ccc(CN2CCO[C@H]3[C@H](OCc4ccncc4)CC[C@@H]32)nc1. The second kappa shape index (κ2) is 7.38. The first-order chi connectivity index (χ1) is 11.9. The predicted molar refractivity (Wildman–Crippen MR) is 90.2 cm³/mol. The Labute approximate surface area is 142 Å². The van der Waals surface area contributed by atoms with Gasteiger partial charge in [-0.2, -0.15) is 0 Å². The number of fused-ring (bicyclic) bond motifs is 1. The largest absolute Gasteiger partial charge is 0.373 e. The van der Waals surface area contributed by atoms with Crippen molar-refractivity contribution in [3.8, 4) is 0 Å². The van der Waals surface area contributed by atoms with E-state index in [1.807, 2.05) is 36.8 Å². The maximum atomic E-state index is 6.16. The van der Waals surface area contributed by atoms with Gasteiger partial charge in [-0.15, -0.1) is 0 Å². The van der Waals surface area contributed by atoms with Crippen molar-refractivity contribution in [3.63, 3.8) is 0 Å². The first kappa shape index (κ1) is 15.7. The molecule has 1 aliphatic heterocycles. The standard InChI is InChI=1S/C19H23N3O2/c1-2-8-21-16(3-1)13-22-11-12-23-19-17(22)4-5-18(19)24-14-15-6-9-20-10-7-15/h1-3,6-10,17-19H,4-5,11-14H2/t17-,18+,19+/m0/s1. The number of rotatable bonds is 5. The molecular formula is C19H23N3O2. The van der Waals surface area contributed by atoms with Gasteiger partial charge < -0.3 is 9.47 Å². The van der Waals surface area contributed by atoms with E-state index in [9.17, 15) is 0 Å². The van der Waals surface area contributed by atoms with Crippen molar-refractivity contribution in [1.82, 2.24) is 14.9 Å². The highest BCUT2D eigenvalue weighted by molar-refractivity contribution is 5.09. The van der Waals surface area contributed by atoms with E-state index >= 15 is 0 Å². The summed E-state index contributed by atoms with van der Waals surface area (Å²) in [4.78, 5) is 11.0. The smallest absolute Gasteiger partial charge is 0.0992 e. The molecule has 4 rings (SSSR count). The molecule has 0 aromatic carbocycles. The van der Waals surface area contributed by atoms with E-state index in [0.717, 1.165) is 43.8 Å². The third-order valence-corrected chi connectivity index (χ3v) is 4.96. The molecule has 2 aromatic heterocycles. The first-order valence-corrected chi connectivity index (χ1v) is 8.66. The summed E-state index contributed by atoms with van der Waals surface area (Å²) in [7, 11) is 0. The maximum Gasteiger partial charge on any atom is 0.0992 e. The number of morpholine rings is 1. The summed E-state index contributed by atoms with van der Waals surface area (Å²) in [6.45, 7) is 3.25. The molecule has 0 spiro atoms. The quantitative estimate of drug-likeness (QED) is 0.845. The number of nitrogens with zero attached hydrogens (tertiary/aromatic N) is 3. The molecule has 0 unspecified atom stereocenters. The van der Waals surface area contributed by atoms with E-state index in [-0.39, 0.29) is 12.2 Å². The van der Waals surface area contributed by atoms with Gasteiger partial charge in [0.2, 0.25) is 0 Å². The van der Waals surface area contributed by atoms with E-state index in [1.54, 1.807) is 0 Å². The van der Waals surface area contributed by atoms with Gasteiger partial charge in [-0.3, -0.25) is 14.9 Å². The van der Waals surface area contributed by atoms with E-state index in [4.69, 9.17) is 9.47 Å². The second-order valence-electron chi connectivity index (χ2n) is 6.48. The lowest BCUT2D eigenvalue weighted by Crippen LogP contribution is -2.51. The monoisotopic (exact) mass is 325 g/mol. The molecule has 5 heteroatoms. The summed E-state index contributed by atoms with van der Waals surface area (Å²) in [6.07, 6.45) is 8.00. The number of pyridine rings is 2. The Morgan fingerprint density at radius 1 is 1.12 bits per heavy atom. The zero-order valence-corrected chi connectivity index (χ0v) is 13.8. The molecule has 0 radical (unpaired) electrons. The third kappa shape index (κ3) is 3.48. The fraction of sp³-hybridized carbons (Fsp3) is 0.474. The van der Waals surface area contributed by atoms with Gasteiger partial charge in [0.15, 0.2) is 0 Å². The average Bonchev–Trinajstić information content (AvgIpc) is 3.06. The van der Waals surface area contributed by atoms with Gasteiger partial charge in [0.25, 0.3) is 0 Å². The summed E-state index contributed by atoms with van der Waals surface area (Å²) in [5.41, 5.74) is 2.29. The Kier molecular flexibility index (Phi) is 4.83. The highest BCUT2D eigenvalue weighted by Gasteiger charge is 2.43. The predicted octanol–water partition coefficient (Wildman–Crippen LogP) is 2.43. The van der Waals surface area contributed by atoms with Crippen molar-refractivity contribution in [2.75, 3.05) is 13.2 Å². The van der Waals surface area contributed by atoms with Crippen LogP contribution in [0.3, 0.4) is 0 Å². The van der Waals surface area contributed by atoms with Gasteiger partial charge in [-0.25, -0.2) is 0 Å². The van der Waals surface area contributed by atoms with Crippen LogP contribution in [0, 0.1) is 0 Å². The lowest BCUT2D eigenvalue weighted by atomic mass is 10.1. The van der Waals surface area contributed by atoms with Gasteiger partial charge in [0.1, 0.15) is 0 Å². The summed E-state index contributed by atoms with van der Waals surface area (Å²) < 4.78 is 12.2. The Balaban J connectivity index is 1.37. The van der Waals surface area contributed by atoms with Crippen molar-refractivity contribution < 1.29 is 9.47 Å². The molecule has 0 N–H and O–H groups in total. The van der Waals surface area contributed by atoms with Gasteiger partial charge in [-0.05, 0) is 42.7 Å². The van der Waals surface area contributed by atoms with Gasteiger partial charge in [0, 0.05) is 37.7 Å². The minimum atomic E-state index is 0.171. The molecule has 2 fully saturated rings. The van der Waals surface area contributed by atoms with Crippen LogP contribution in [0.2, 0.25) is 0 Å². The van der Waals surface area contributed by atoms with E-state index < -0.39 is 0 Å². The van der Waals surface area contributed by atoms with Crippen molar-refractivity contribution in [2.45, 2.75) is 44.2 Å². The second-order valence-corrected chi connectivity index (χ2v) is 6.48. The number of hydrogen-bond acceptors (Lipinski definition) is 5. The summed E-state index contributed by atoms with van der Waals surface area (Å²) >= 11 is 0.